The van der Waals surface area contributed by atoms with Crippen molar-refractivity contribution in [1.29, 1.82) is 0 Å². The average Bonchev–Trinajstić information content (AvgIpc) is 2.39. The third-order valence-electron chi connectivity index (χ3n) is 3.50. The molecule has 0 amide bonds. The predicted octanol–water partition coefficient (Wildman–Crippen LogP) is 3.00. The Balaban J connectivity index is 1.94. The molecule has 98 valence electrons. The van der Waals surface area contributed by atoms with E-state index in [0.29, 0.717) is 6.42 Å². The van der Waals surface area contributed by atoms with E-state index in [-0.39, 0.29) is 5.56 Å². The van der Waals surface area contributed by atoms with Crippen LogP contribution in [0.5, 0.6) is 0 Å². The number of benzene rings is 1. The van der Waals surface area contributed by atoms with E-state index in [0.717, 1.165) is 52.8 Å². The number of fused-ring (bicyclic) bond motifs is 1. The SMILES string of the molecule is O=c1[nH]c(Cc2cccc(Br)c2)nc2c1CCCC2. The van der Waals surface area contributed by atoms with Gasteiger partial charge in [-0.1, -0.05) is 28.1 Å². The lowest BCUT2D eigenvalue weighted by molar-refractivity contribution is 0.648. The van der Waals surface area contributed by atoms with Crippen molar-refractivity contribution in [2.75, 3.05) is 0 Å². The van der Waals surface area contributed by atoms with Crippen molar-refractivity contribution in [2.45, 2.75) is 32.1 Å². The molecular weight excluding hydrogens is 304 g/mol. The molecule has 0 spiro atoms. The first-order valence-corrected chi connectivity index (χ1v) is 7.37. The highest BCUT2D eigenvalue weighted by Crippen LogP contribution is 2.17. The van der Waals surface area contributed by atoms with Crippen molar-refractivity contribution in [2.24, 2.45) is 0 Å². The Bertz CT molecular complexity index is 663. The van der Waals surface area contributed by atoms with Gasteiger partial charge in [-0.2, -0.15) is 0 Å². The Morgan fingerprint density at radius 3 is 2.95 bits per heavy atom. The van der Waals surface area contributed by atoms with Crippen molar-refractivity contribution in [3.05, 3.63) is 61.7 Å². The monoisotopic (exact) mass is 318 g/mol. The predicted molar refractivity (Wildman–Crippen MR) is 78.4 cm³/mol. The second-order valence-corrected chi connectivity index (χ2v) is 5.87. The minimum Gasteiger partial charge on any atom is -0.310 e. The standard InChI is InChI=1S/C15H15BrN2O/c16-11-5-3-4-10(8-11)9-14-17-13-7-2-1-6-12(13)15(19)18-14/h3-5,8H,1-2,6-7,9H2,(H,17,18,19). The molecule has 1 aromatic heterocycles. The summed E-state index contributed by atoms with van der Waals surface area (Å²) >= 11 is 3.46. The molecule has 1 aromatic carbocycles. The van der Waals surface area contributed by atoms with Crippen molar-refractivity contribution < 1.29 is 0 Å². The average molecular weight is 319 g/mol. The molecule has 3 nitrogen and oxygen atoms in total. The number of hydrogen-bond acceptors (Lipinski definition) is 2. The van der Waals surface area contributed by atoms with Crippen LogP contribution in [0.2, 0.25) is 0 Å². The number of nitrogens with zero attached hydrogens (tertiary/aromatic N) is 1. The number of halogens is 1. The molecule has 19 heavy (non-hydrogen) atoms. The van der Waals surface area contributed by atoms with E-state index in [9.17, 15) is 4.79 Å². The lowest BCUT2D eigenvalue weighted by Gasteiger charge is -2.14. The maximum absolute atomic E-state index is 12.0. The van der Waals surface area contributed by atoms with Crippen LogP contribution in [0, 0.1) is 0 Å². The van der Waals surface area contributed by atoms with Gasteiger partial charge in [0.2, 0.25) is 0 Å². The summed E-state index contributed by atoms with van der Waals surface area (Å²) in [7, 11) is 0. The van der Waals surface area contributed by atoms with E-state index < -0.39 is 0 Å². The summed E-state index contributed by atoms with van der Waals surface area (Å²) in [4.78, 5) is 19.6. The summed E-state index contributed by atoms with van der Waals surface area (Å²) in [6.45, 7) is 0. The minimum absolute atomic E-state index is 0.0506. The summed E-state index contributed by atoms with van der Waals surface area (Å²) in [5.41, 5.74) is 3.09. The summed E-state index contributed by atoms with van der Waals surface area (Å²) in [5, 5.41) is 0. The van der Waals surface area contributed by atoms with Gasteiger partial charge in [-0.3, -0.25) is 4.79 Å². The van der Waals surface area contributed by atoms with Crippen molar-refractivity contribution in [3.63, 3.8) is 0 Å². The molecule has 1 N–H and O–H groups in total. The molecule has 1 aliphatic rings. The molecule has 0 unspecified atom stereocenters. The molecule has 1 aliphatic carbocycles. The third-order valence-corrected chi connectivity index (χ3v) is 3.99. The molecule has 0 aliphatic heterocycles. The van der Waals surface area contributed by atoms with Crippen LogP contribution in [0.4, 0.5) is 0 Å². The molecule has 4 heteroatoms. The van der Waals surface area contributed by atoms with Crippen LogP contribution in [0.3, 0.4) is 0 Å². The molecule has 0 fully saturated rings. The number of H-pyrrole nitrogens is 1. The smallest absolute Gasteiger partial charge is 0.254 e. The lowest BCUT2D eigenvalue weighted by Crippen LogP contribution is -2.23. The zero-order chi connectivity index (χ0) is 13.2. The van der Waals surface area contributed by atoms with Gasteiger partial charge in [0, 0.05) is 16.5 Å². The number of hydrogen-bond donors (Lipinski definition) is 1. The fourth-order valence-electron chi connectivity index (χ4n) is 2.58. The van der Waals surface area contributed by atoms with Crippen molar-refractivity contribution in [1.82, 2.24) is 9.97 Å². The largest absolute Gasteiger partial charge is 0.310 e. The summed E-state index contributed by atoms with van der Waals surface area (Å²) in [5.74, 6) is 0.767. The van der Waals surface area contributed by atoms with Gasteiger partial charge in [0.15, 0.2) is 0 Å². The number of nitrogens with one attached hydrogen (secondary N) is 1. The zero-order valence-corrected chi connectivity index (χ0v) is 12.2. The summed E-state index contributed by atoms with van der Waals surface area (Å²) in [6.07, 6.45) is 4.71. The van der Waals surface area contributed by atoms with Crippen LogP contribution in [-0.2, 0) is 19.3 Å². The topological polar surface area (TPSA) is 45.8 Å². The van der Waals surface area contributed by atoms with Crippen molar-refractivity contribution in [3.8, 4) is 0 Å². The highest BCUT2D eigenvalue weighted by Gasteiger charge is 2.15. The molecule has 0 atom stereocenters. The van der Waals surface area contributed by atoms with Gasteiger partial charge < -0.3 is 4.98 Å². The highest BCUT2D eigenvalue weighted by molar-refractivity contribution is 9.10. The molecule has 0 saturated carbocycles. The number of aryl methyl sites for hydroxylation is 1. The highest BCUT2D eigenvalue weighted by atomic mass is 79.9. The second-order valence-electron chi connectivity index (χ2n) is 4.95. The lowest BCUT2D eigenvalue weighted by atomic mass is 9.97. The molecule has 0 saturated heterocycles. The van der Waals surface area contributed by atoms with Gasteiger partial charge in [0.1, 0.15) is 5.82 Å². The van der Waals surface area contributed by atoms with Crippen molar-refractivity contribution >= 4 is 15.9 Å². The van der Waals surface area contributed by atoms with Gasteiger partial charge in [-0.25, -0.2) is 4.98 Å². The first kappa shape index (κ1) is 12.6. The van der Waals surface area contributed by atoms with Gasteiger partial charge in [0.25, 0.3) is 5.56 Å². The van der Waals surface area contributed by atoms with Gasteiger partial charge in [0.05, 0.1) is 5.69 Å². The number of rotatable bonds is 2. The zero-order valence-electron chi connectivity index (χ0n) is 10.6. The van der Waals surface area contributed by atoms with Crippen LogP contribution < -0.4 is 5.56 Å². The minimum atomic E-state index is 0.0506. The van der Waals surface area contributed by atoms with Crippen LogP contribution in [0.15, 0.2) is 33.5 Å². The Labute approximate surface area is 120 Å². The van der Waals surface area contributed by atoms with Gasteiger partial charge in [-0.15, -0.1) is 0 Å². The first-order valence-electron chi connectivity index (χ1n) is 6.58. The number of aromatic nitrogens is 2. The molecular formula is C15H15BrN2O. The normalized spacial score (nSPS) is 14.2. The molecule has 3 rings (SSSR count). The Morgan fingerprint density at radius 2 is 2.11 bits per heavy atom. The van der Waals surface area contributed by atoms with Crippen LogP contribution in [0.1, 0.15) is 35.5 Å². The third kappa shape index (κ3) is 2.78. The molecule has 0 radical (unpaired) electrons. The molecule has 0 bridgehead atoms. The van der Waals surface area contributed by atoms with E-state index in [1.807, 2.05) is 18.2 Å². The quantitative estimate of drug-likeness (QED) is 0.925. The molecule has 2 aromatic rings. The first-order chi connectivity index (χ1) is 9.22. The van der Waals surface area contributed by atoms with Crippen LogP contribution in [0.25, 0.3) is 0 Å². The second kappa shape index (κ2) is 5.29. The number of aromatic amines is 1. The maximum Gasteiger partial charge on any atom is 0.254 e. The summed E-state index contributed by atoms with van der Waals surface area (Å²) < 4.78 is 1.05. The van der Waals surface area contributed by atoms with E-state index in [1.165, 1.54) is 0 Å². The van der Waals surface area contributed by atoms with E-state index in [1.54, 1.807) is 0 Å². The fraction of sp³-hybridized carbons (Fsp3) is 0.333. The Morgan fingerprint density at radius 1 is 1.26 bits per heavy atom. The van der Waals surface area contributed by atoms with E-state index in [2.05, 4.69) is 32.0 Å². The maximum atomic E-state index is 12.0. The van der Waals surface area contributed by atoms with Gasteiger partial charge in [-0.05, 0) is 43.4 Å². The van der Waals surface area contributed by atoms with E-state index >= 15 is 0 Å². The fourth-order valence-corrected chi connectivity index (χ4v) is 3.03. The van der Waals surface area contributed by atoms with Crippen LogP contribution in [-0.4, -0.2) is 9.97 Å². The van der Waals surface area contributed by atoms with E-state index in [4.69, 9.17) is 0 Å². The summed E-state index contributed by atoms with van der Waals surface area (Å²) in [6, 6.07) is 8.09. The Kier molecular flexibility index (Phi) is 3.51. The van der Waals surface area contributed by atoms with Gasteiger partial charge >= 0.3 is 0 Å². The molecule has 1 heterocycles. The Hall–Kier alpha value is -1.42. The van der Waals surface area contributed by atoms with Crippen LogP contribution >= 0.6 is 15.9 Å².